The smallest absolute Gasteiger partial charge is 0.343 e. The summed E-state index contributed by atoms with van der Waals surface area (Å²) in [7, 11) is 0. The number of hydrogen-bond acceptors (Lipinski definition) is 5. The molecule has 0 fully saturated rings. The first kappa shape index (κ1) is 35.9. The van der Waals surface area contributed by atoms with E-state index in [1.54, 1.807) is 36.4 Å². The highest BCUT2D eigenvalue weighted by molar-refractivity contribution is 5.92. The Kier molecular flexibility index (Phi) is 16.9. The predicted octanol–water partition coefficient (Wildman–Crippen LogP) is 11.4. The van der Waals surface area contributed by atoms with Gasteiger partial charge in [0.25, 0.3) is 0 Å². The Hall–Kier alpha value is -3.60. The lowest BCUT2D eigenvalue weighted by atomic mass is 10.0. The first-order valence-corrected chi connectivity index (χ1v) is 17.4. The van der Waals surface area contributed by atoms with Crippen molar-refractivity contribution in [2.75, 3.05) is 6.61 Å². The molecule has 3 rings (SSSR count). The van der Waals surface area contributed by atoms with Crippen molar-refractivity contribution >= 4 is 11.9 Å². The SMILES string of the molecule is CCCCCCCCCCCCOc1ccc(-c2ccc(C(=O)Oc3ccc(C(=O)O[C@@H](C)CCCCCC)cc3)cc2)cc1. The summed E-state index contributed by atoms with van der Waals surface area (Å²) in [5.74, 6) is 0.446. The van der Waals surface area contributed by atoms with Crippen molar-refractivity contribution in [2.24, 2.45) is 0 Å². The fourth-order valence-electron chi connectivity index (χ4n) is 5.32. The molecule has 5 heteroatoms. The molecule has 0 saturated heterocycles. The normalized spacial score (nSPS) is 11.6. The Morgan fingerprint density at radius 2 is 0.978 bits per heavy atom. The molecule has 0 heterocycles. The maximum Gasteiger partial charge on any atom is 0.343 e. The Labute approximate surface area is 271 Å². The van der Waals surface area contributed by atoms with Crippen molar-refractivity contribution in [3.05, 3.63) is 83.9 Å². The third-order valence-corrected chi connectivity index (χ3v) is 8.15. The number of benzene rings is 3. The Bertz CT molecular complexity index is 1230. The minimum atomic E-state index is -0.451. The lowest BCUT2D eigenvalue weighted by Crippen LogP contribution is -2.15. The summed E-state index contributed by atoms with van der Waals surface area (Å²) in [5, 5.41) is 0. The van der Waals surface area contributed by atoms with Crippen LogP contribution in [0.5, 0.6) is 11.5 Å². The lowest BCUT2D eigenvalue weighted by molar-refractivity contribution is 0.0319. The number of rotatable bonds is 22. The van der Waals surface area contributed by atoms with Gasteiger partial charge in [-0.3, -0.25) is 0 Å². The fraction of sp³-hybridized carbons (Fsp3) is 0.500. The third-order valence-electron chi connectivity index (χ3n) is 8.15. The van der Waals surface area contributed by atoms with E-state index in [0.717, 1.165) is 49.2 Å². The van der Waals surface area contributed by atoms with Crippen LogP contribution in [0.25, 0.3) is 11.1 Å². The third kappa shape index (κ3) is 13.9. The van der Waals surface area contributed by atoms with Gasteiger partial charge in [-0.1, -0.05) is 115 Å². The zero-order valence-corrected chi connectivity index (χ0v) is 27.9. The van der Waals surface area contributed by atoms with Gasteiger partial charge in [0, 0.05) is 0 Å². The van der Waals surface area contributed by atoms with Gasteiger partial charge in [-0.05, 0) is 85.8 Å². The second-order valence-corrected chi connectivity index (χ2v) is 12.1. The Balaban J connectivity index is 1.37. The molecule has 0 aliphatic carbocycles. The van der Waals surface area contributed by atoms with Crippen molar-refractivity contribution in [3.8, 4) is 22.6 Å². The minimum absolute atomic E-state index is 0.125. The highest BCUT2D eigenvalue weighted by Gasteiger charge is 2.14. The number of esters is 2. The summed E-state index contributed by atoms with van der Waals surface area (Å²) < 4.78 is 17.0. The average Bonchev–Trinajstić information content (AvgIpc) is 3.06. The molecule has 0 spiro atoms. The molecule has 0 bridgehead atoms. The van der Waals surface area contributed by atoms with E-state index >= 15 is 0 Å². The lowest BCUT2D eigenvalue weighted by Gasteiger charge is -2.13. The van der Waals surface area contributed by atoms with Crippen LogP contribution >= 0.6 is 0 Å². The van der Waals surface area contributed by atoms with Gasteiger partial charge in [0.05, 0.1) is 23.8 Å². The molecule has 244 valence electrons. The molecule has 45 heavy (non-hydrogen) atoms. The van der Waals surface area contributed by atoms with Crippen LogP contribution in [0.4, 0.5) is 0 Å². The number of ether oxygens (including phenoxy) is 3. The summed E-state index contributed by atoms with van der Waals surface area (Å²) in [6.07, 6.45) is 18.5. The topological polar surface area (TPSA) is 61.8 Å². The summed E-state index contributed by atoms with van der Waals surface area (Å²) in [4.78, 5) is 25.2. The predicted molar refractivity (Wildman–Crippen MR) is 184 cm³/mol. The second-order valence-electron chi connectivity index (χ2n) is 12.1. The van der Waals surface area contributed by atoms with E-state index in [4.69, 9.17) is 14.2 Å². The van der Waals surface area contributed by atoms with E-state index in [9.17, 15) is 9.59 Å². The average molecular weight is 615 g/mol. The van der Waals surface area contributed by atoms with Crippen LogP contribution in [0.1, 0.15) is 138 Å². The first-order valence-electron chi connectivity index (χ1n) is 17.4. The van der Waals surface area contributed by atoms with Crippen molar-refractivity contribution in [2.45, 2.75) is 123 Å². The van der Waals surface area contributed by atoms with Crippen molar-refractivity contribution in [1.29, 1.82) is 0 Å². The van der Waals surface area contributed by atoms with Gasteiger partial charge in [0.2, 0.25) is 0 Å². The van der Waals surface area contributed by atoms with Crippen LogP contribution in [0, 0.1) is 0 Å². The number of carbonyl (C=O) groups excluding carboxylic acids is 2. The highest BCUT2D eigenvalue weighted by Crippen LogP contribution is 2.24. The van der Waals surface area contributed by atoms with E-state index in [1.165, 1.54) is 70.6 Å². The van der Waals surface area contributed by atoms with Gasteiger partial charge in [-0.15, -0.1) is 0 Å². The van der Waals surface area contributed by atoms with Gasteiger partial charge in [-0.25, -0.2) is 9.59 Å². The van der Waals surface area contributed by atoms with E-state index in [-0.39, 0.29) is 12.1 Å². The standard InChI is InChI=1S/C40H54O5/c1-4-6-8-10-11-12-13-14-15-17-31-43-37-27-23-34(24-28-37)33-19-21-35(22-20-33)40(42)45-38-29-25-36(26-30-38)39(41)44-32(3)18-16-9-7-5-2/h19-30,32H,4-18,31H2,1-3H3/t32-/m0/s1. The second kappa shape index (κ2) is 21.2. The van der Waals surface area contributed by atoms with E-state index < -0.39 is 5.97 Å². The van der Waals surface area contributed by atoms with Crippen molar-refractivity contribution in [1.82, 2.24) is 0 Å². The molecule has 0 amide bonds. The van der Waals surface area contributed by atoms with E-state index in [0.29, 0.717) is 16.9 Å². The number of carbonyl (C=O) groups is 2. The van der Waals surface area contributed by atoms with Gasteiger partial charge < -0.3 is 14.2 Å². The van der Waals surface area contributed by atoms with Crippen molar-refractivity contribution in [3.63, 3.8) is 0 Å². The molecule has 0 unspecified atom stereocenters. The van der Waals surface area contributed by atoms with E-state index in [1.807, 2.05) is 43.3 Å². The molecule has 3 aromatic rings. The quantitative estimate of drug-likeness (QED) is 0.0640. The zero-order valence-electron chi connectivity index (χ0n) is 27.9. The van der Waals surface area contributed by atoms with Crippen LogP contribution in [0.3, 0.4) is 0 Å². The molecule has 0 aliphatic rings. The van der Waals surface area contributed by atoms with Crippen molar-refractivity contribution < 1.29 is 23.8 Å². The summed E-state index contributed by atoms with van der Waals surface area (Å²) >= 11 is 0. The highest BCUT2D eigenvalue weighted by atomic mass is 16.5. The summed E-state index contributed by atoms with van der Waals surface area (Å²) in [5.41, 5.74) is 2.96. The molecule has 0 aliphatic heterocycles. The van der Waals surface area contributed by atoms with Crippen LogP contribution in [-0.2, 0) is 4.74 Å². The van der Waals surface area contributed by atoms with Gasteiger partial charge >= 0.3 is 11.9 Å². The number of hydrogen-bond donors (Lipinski definition) is 0. The monoisotopic (exact) mass is 614 g/mol. The van der Waals surface area contributed by atoms with Gasteiger partial charge in [0.1, 0.15) is 11.5 Å². The van der Waals surface area contributed by atoms with Gasteiger partial charge in [-0.2, -0.15) is 0 Å². The molecule has 5 nitrogen and oxygen atoms in total. The van der Waals surface area contributed by atoms with Gasteiger partial charge in [0.15, 0.2) is 0 Å². The maximum atomic E-state index is 12.7. The van der Waals surface area contributed by atoms with E-state index in [2.05, 4.69) is 13.8 Å². The molecule has 3 aromatic carbocycles. The Morgan fingerprint density at radius 3 is 1.56 bits per heavy atom. The molecule has 1 atom stereocenters. The Morgan fingerprint density at radius 1 is 0.533 bits per heavy atom. The number of unbranched alkanes of at least 4 members (excludes halogenated alkanes) is 12. The minimum Gasteiger partial charge on any atom is -0.494 e. The first-order chi connectivity index (χ1) is 22.0. The van der Waals surface area contributed by atoms with Crippen LogP contribution < -0.4 is 9.47 Å². The molecule has 0 saturated carbocycles. The molecular formula is C40H54O5. The van der Waals surface area contributed by atoms with Crippen LogP contribution in [0.2, 0.25) is 0 Å². The maximum absolute atomic E-state index is 12.7. The zero-order chi connectivity index (χ0) is 32.1. The summed E-state index contributed by atoms with van der Waals surface area (Å²) in [6.45, 7) is 7.11. The van der Waals surface area contributed by atoms with Crippen LogP contribution in [-0.4, -0.2) is 24.6 Å². The molecule has 0 aromatic heterocycles. The van der Waals surface area contributed by atoms with Crippen LogP contribution in [0.15, 0.2) is 72.8 Å². The fourth-order valence-corrected chi connectivity index (χ4v) is 5.32. The molecule has 0 N–H and O–H groups in total. The largest absolute Gasteiger partial charge is 0.494 e. The summed E-state index contributed by atoms with van der Waals surface area (Å²) in [6, 6.07) is 21.9. The molecular weight excluding hydrogens is 560 g/mol. The molecule has 0 radical (unpaired) electrons.